The third-order valence-electron chi connectivity index (χ3n) is 1.80. The number of nitrogens with one attached hydrogen (secondary N) is 1. The van der Waals surface area contributed by atoms with Gasteiger partial charge in [0.25, 0.3) is 0 Å². The lowest BCUT2D eigenvalue weighted by molar-refractivity contribution is -0.143. The number of hydrogen-bond acceptors (Lipinski definition) is 4. The van der Waals surface area contributed by atoms with E-state index in [0.29, 0.717) is 0 Å². The third kappa shape index (κ3) is 5.60. The quantitative estimate of drug-likeness (QED) is 0.600. The Hall–Kier alpha value is -0.610. The Balaban J connectivity index is 3.86. The van der Waals surface area contributed by atoms with Crippen LogP contribution in [0.3, 0.4) is 0 Å². The molecule has 4 heteroatoms. The van der Waals surface area contributed by atoms with Gasteiger partial charge in [-0.1, -0.05) is 6.92 Å². The van der Waals surface area contributed by atoms with E-state index in [2.05, 4.69) is 10.1 Å². The number of rotatable bonds is 6. The molecule has 1 unspecified atom stereocenters. The fourth-order valence-corrected chi connectivity index (χ4v) is 1.08. The zero-order valence-electron chi connectivity index (χ0n) is 8.96. The lowest BCUT2D eigenvalue weighted by atomic mass is 10.2. The van der Waals surface area contributed by atoms with E-state index < -0.39 is 0 Å². The van der Waals surface area contributed by atoms with Crippen molar-refractivity contribution in [3.63, 3.8) is 0 Å². The van der Waals surface area contributed by atoms with Crippen molar-refractivity contribution in [2.24, 2.45) is 0 Å². The second-order valence-electron chi connectivity index (χ2n) is 3.23. The SMILES string of the molecule is CCNC(CCN(C)C)C(=O)OC. The van der Waals surface area contributed by atoms with Gasteiger partial charge in [-0.25, -0.2) is 0 Å². The minimum absolute atomic E-state index is 0.169. The highest BCUT2D eigenvalue weighted by Crippen LogP contribution is 1.95. The van der Waals surface area contributed by atoms with Crippen molar-refractivity contribution in [3.05, 3.63) is 0 Å². The average Bonchev–Trinajstić information content (AvgIpc) is 2.10. The van der Waals surface area contributed by atoms with Crippen molar-refractivity contribution >= 4 is 5.97 Å². The van der Waals surface area contributed by atoms with E-state index in [1.54, 1.807) is 0 Å². The standard InChI is InChI=1S/C9H20N2O2/c1-5-10-8(9(12)13-4)6-7-11(2)3/h8,10H,5-7H2,1-4H3. The Morgan fingerprint density at radius 2 is 2.15 bits per heavy atom. The number of ether oxygens (including phenoxy) is 1. The van der Waals surface area contributed by atoms with Gasteiger partial charge in [0.2, 0.25) is 0 Å². The van der Waals surface area contributed by atoms with Crippen LogP contribution >= 0.6 is 0 Å². The summed E-state index contributed by atoms with van der Waals surface area (Å²) in [6, 6.07) is -0.169. The van der Waals surface area contributed by atoms with Gasteiger partial charge >= 0.3 is 5.97 Å². The van der Waals surface area contributed by atoms with Gasteiger partial charge in [0, 0.05) is 0 Å². The van der Waals surface area contributed by atoms with Gasteiger partial charge < -0.3 is 15.0 Å². The predicted octanol–water partition coefficient (Wildman–Crippen LogP) is 0.0892. The van der Waals surface area contributed by atoms with Gasteiger partial charge in [0.05, 0.1) is 7.11 Å². The van der Waals surface area contributed by atoms with Crippen molar-refractivity contribution in [2.75, 3.05) is 34.3 Å². The molecule has 78 valence electrons. The number of hydrogen-bond donors (Lipinski definition) is 1. The summed E-state index contributed by atoms with van der Waals surface area (Å²) in [5.41, 5.74) is 0. The molecule has 0 bridgehead atoms. The van der Waals surface area contributed by atoms with Gasteiger partial charge in [-0.2, -0.15) is 0 Å². The molecular formula is C9H20N2O2. The van der Waals surface area contributed by atoms with Gasteiger partial charge in [-0.15, -0.1) is 0 Å². The molecule has 0 aromatic carbocycles. The zero-order valence-corrected chi connectivity index (χ0v) is 8.96. The monoisotopic (exact) mass is 188 g/mol. The number of carbonyl (C=O) groups is 1. The highest BCUT2D eigenvalue weighted by atomic mass is 16.5. The molecule has 13 heavy (non-hydrogen) atoms. The van der Waals surface area contributed by atoms with Crippen molar-refractivity contribution in [1.82, 2.24) is 10.2 Å². The van der Waals surface area contributed by atoms with Crippen molar-refractivity contribution in [3.8, 4) is 0 Å². The van der Waals surface area contributed by atoms with E-state index >= 15 is 0 Å². The molecule has 0 radical (unpaired) electrons. The summed E-state index contributed by atoms with van der Waals surface area (Å²) in [5.74, 6) is -0.177. The molecule has 0 saturated carbocycles. The van der Waals surface area contributed by atoms with Crippen LogP contribution in [0, 0.1) is 0 Å². The van der Waals surface area contributed by atoms with E-state index in [1.165, 1.54) is 7.11 Å². The maximum atomic E-state index is 11.2. The van der Waals surface area contributed by atoms with Crippen LogP contribution in [0.2, 0.25) is 0 Å². The zero-order chi connectivity index (χ0) is 10.3. The molecule has 0 heterocycles. The number of nitrogens with zero attached hydrogens (tertiary/aromatic N) is 1. The van der Waals surface area contributed by atoms with Crippen LogP contribution < -0.4 is 5.32 Å². The van der Waals surface area contributed by atoms with E-state index in [0.717, 1.165) is 19.5 Å². The number of carbonyl (C=O) groups excluding carboxylic acids is 1. The minimum atomic E-state index is -0.177. The van der Waals surface area contributed by atoms with Crippen LogP contribution in [0.25, 0.3) is 0 Å². The highest BCUT2D eigenvalue weighted by Gasteiger charge is 2.17. The molecule has 0 rings (SSSR count). The molecule has 0 fully saturated rings. The molecule has 0 aliphatic carbocycles. The fraction of sp³-hybridized carbons (Fsp3) is 0.889. The minimum Gasteiger partial charge on any atom is -0.468 e. The molecule has 0 spiro atoms. The van der Waals surface area contributed by atoms with Crippen molar-refractivity contribution < 1.29 is 9.53 Å². The van der Waals surface area contributed by atoms with Crippen LogP contribution in [0.5, 0.6) is 0 Å². The van der Waals surface area contributed by atoms with Gasteiger partial charge in [-0.05, 0) is 33.6 Å². The van der Waals surface area contributed by atoms with Crippen LogP contribution in [-0.4, -0.2) is 51.2 Å². The Morgan fingerprint density at radius 3 is 2.54 bits per heavy atom. The third-order valence-corrected chi connectivity index (χ3v) is 1.80. The Kier molecular flexibility index (Phi) is 6.54. The lowest BCUT2D eigenvalue weighted by Gasteiger charge is -2.17. The summed E-state index contributed by atoms with van der Waals surface area (Å²) in [7, 11) is 5.39. The number of likely N-dealkylation sites (N-methyl/N-ethyl adjacent to an activating group) is 1. The first-order chi connectivity index (χ1) is 6.11. The second kappa shape index (κ2) is 6.86. The van der Waals surface area contributed by atoms with E-state index in [-0.39, 0.29) is 12.0 Å². The maximum Gasteiger partial charge on any atom is 0.322 e. The predicted molar refractivity (Wildman–Crippen MR) is 52.7 cm³/mol. The van der Waals surface area contributed by atoms with E-state index in [4.69, 9.17) is 0 Å². The maximum absolute atomic E-state index is 11.2. The summed E-state index contributed by atoms with van der Waals surface area (Å²) >= 11 is 0. The Labute approximate surface area is 80.2 Å². The first-order valence-corrected chi connectivity index (χ1v) is 4.57. The van der Waals surface area contributed by atoms with Gasteiger partial charge in [-0.3, -0.25) is 4.79 Å². The second-order valence-corrected chi connectivity index (χ2v) is 3.23. The Bertz CT molecular complexity index is 149. The topological polar surface area (TPSA) is 41.6 Å². The molecular weight excluding hydrogens is 168 g/mol. The first kappa shape index (κ1) is 12.4. The number of methoxy groups -OCH3 is 1. The Morgan fingerprint density at radius 1 is 1.54 bits per heavy atom. The summed E-state index contributed by atoms with van der Waals surface area (Å²) in [6.45, 7) is 3.64. The van der Waals surface area contributed by atoms with Gasteiger partial charge in [0.15, 0.2) is 0 Å². The summed E-state index contributed by atoms with van der Waals surface area (Å²) < 4.78 is 4.68. The first-order valence-electron chi connectivity index (χ1n) is 4.57. The summed E-state index contributed by atoms with van der Waals surface area (Å²) in [6.07, 6.45) is 0.785. The molecule has 0 saturated heterocycles. The average molecular weight is 188 g/mol. The molecule has 1 N–H and O–H groups in total. The number of esters is 1. The molecule has 0 amide bonds. The molecule has 1 atom stereocenters. The molecule has 0 aliphatic rings. The van der Waals surface area contributed by atoms with Crippen LogP contribution in [0.1, 0.15) is 13.3 Å². The van der Waals surface area contributed by atoms with Crippen LogP contribution in [0.15, 0.2) is 0 Å². The van der Waals surface area contributed by atoms with E-state index in [1.807, 2.05) is 25.9 Å². The molecule has 4 nitrogen and oxygen atoms in total. The van der Waals surface area contributed by atoms with Gasteiger partial charge in [0.1, 0.15) is 6.04 Å². The summed E-state index contributed by atoms with van der Waals surface area (Å²) in [4.78, 5) is 13.3. The lowest BCUT2D eigenvalue weighted by Crippen LogP contribution is -2.39. The van der Waals surface area contributed by atoms with Crippen LogP contribution in [0.4, 0.5) is 0 Å². The molecule has 0 aromatic rings. The highest BCUT2D eigenvalue weighted by molar-refractivity contribution is 5.75. The normalized spacial score (nSPS) is 13.0. The molecule has 0 aliphatic heterocycles. The summed E-state index contributed by atoms with van der Waals surface area (Å²) in [5, 5.41) is 3.09. The van der Waals surface area contributed by atoms with Crippen molar-refractivity contribution in [2.45, 2.75) is 19.4 Å². The smallest absolute Gasteiger partial charge is 0.322 e. The van der Waals surface area contributed by atoms with Crippen molar-refractivity contribution in [1.29, 1.82) is 0 Å². The fourth-order valence-electron chi connectivity index (χ4n) is 1.08. The van der Waals surface area contributed by atoms with E-state index in [9.17, 15) is 4.79 Å². The molecule has 0 aromatic heterocycles. The van der Waals surface area contributed by atoms with Crippen LogP contribution in [-0.2, 0) is 9.53 Å². The largest absolute Gasteiger partial charge is 0.468 e.